The van der Waals surface area contributed by atoms with Crippen molar-refractivity contribution in [2.45, 2.75) is 26.3 Å². The van der Waals surface area contributed by atoms with E-state index in [-0.39, 0.29) is 17.2 Å². The molecule has 1 saturated heterocycles. The summed E-state index contributed by atoms with van der Waals surface area (Å²) in [4.78, 5) is 26.8. The molecule has 4 nitrogen and oxygen atoms in total. The summed E-state index contributed by atoms with van der Waals surface area (Å²) in [6.45, 7) is 7.90. The van der Waals surface area contributed by atoms with Gasteiger partial charge in [0.25, 0.3) is 11.1 Å². The predicted molar refractivity (Wildman–Crippen MR) is 107 cm³/mol. The second-order valence-corrected chi connectivity index (χ2v) is 7.10. The Kier molecular flexibility index (Phi) is 5.47. The Hall–Kier alpha value is -2.53. The van der Waals surface area contributed by atoms with E-state index in [0.29, 0.717) is 17.3 Å². The fourth-order valence-electron chi connectivity index (χ4n) is 2.87. The minimum atomic E-state index is -0.239. The van der Waals surface area contributed by atoms with Crippen molar-refractivity contribution in [3.63, 3.8) is 0 Å². The maximum absolute atomic E-state index is 12.7. The molecule has 1 aliphatic rings. The molecule has 0 spiro atoms. The largest absolute Gasteiger partial charge is 0.489 e. The summed E-state index contributed by atoms with van der Waals surface area (Å²) in [5, 5.41) is 1.81. The van der Waals surface area contributed by atoms with Gasteiger partial charge in [-0.25, -0.2) is 0 Å². The number of fused-ring (bicyclic) bond motifs is 1. The Morgan fingerprint density at radius 3 is 2.73 bits per heavy atom. The first kappa shape index (κ1) is 18.3. The van der Waals surface area contributed by atoms with Crippen LogP contribution in [0.4, 0.5) is 4.79 Å². The molecule has 0 aromatic heterocycles. The minimum absolute atomic E-state index is 0.114. The Balaban J connectivity index is 2.09. The van der Waals surface area contributed by atoms with E-state index >= 15 is 0 Å². The highest BCUT2D eigenvalue weighted by Crippen LogP contribution is 2.37. The van der Waals surface area contributed by atoms with Crippen molar-refractivity contribution in [3.8, 4) is 5.75 Å². The lowest BCUT2D eigenvalue weighted by Crippen LogP contribution is -2.36. The van der Waals surface area contributed by atoms with Crippen LogP contribution in [0.1, 0.15) is 25.8 Å². The zero-order chi connectivity index (χ0) is 18.7. The summed E-state index contributed by atoms with van der Waals surface area (Å²) in [5.41, 5.74) is 0.805. The van der Waals surface area contributed by atoms with Gasteiger partial charge in [0.1, 0.15) is 12.4 Å². The van der Waals surface area contributed by atoms with E-state index in [2.05, 4.69) is 6.58 Å². The zero-order valence-electron chi connectivity index (χ0n) is 14.9. The number of nitrogens with zero attached hydrogens (tertiary/aromatic N) is 1. The molecule has 2 aromatic carbocycles. The van der Waals surface area contributed by atoms with Crippen molar-refractivity contribution in [2.75, 3.05) is 6.61 Å². The van der Waals surface area contributed by atoms with Gasteiger partial charge in [-0.3, -0.25) is 14.5 Å². The first-order valence-electron chi connectivity index (χ1n) is 8.59. The lowest BCUT2D eigenvalue weighted by Gasteiger charge is -2.19. The molecule has 0 radical (unpaired) electrons. The summed E-state index contributed by atoms with van der Waals surface area (Å²) < 4.78 is 5.78. The van der Waals surface area contributed by atoms with Crippen molar-refractivity contribution in [3.05, 3.63) is 59.5 Å². The number of rotatable bonds is 6. The van der Waals surface area contributed by atoms with E-state index in [1.807, 2.05) is 50.2 Å². The molecule has 0 aliphatic carbocycles. The fourth-order valence-corrected chi connectivity index (χ4v) is 3.78. The van der Waals surface area contributed by atoms with Crippen molar-refractivity contribution >= 4 is 39.8 Å². The Labute approximate surface area is 157 Å². The number of ether oxygens (including phenoxy) is 1. The highest BCUT2D eigenvalue weighted by atomic mass is 32.2. The van der Waals surface area contributed by atoms with E-state index in [0.717, 1.165) is 34.5 Å². The third-order valence-corrected chi connectivity index (χ3v) is 5.30. The van der Waals surface area contributed by atoms with Crippen molar-refractivity contribution in [1.82, 2.24) is 4.90 Å². The van der Waals surface area contributed by atoms with Crippen LogP contribution in [0.3, 0.4) is 0 Å². The quantitative estimate of drug-likeness (QED) is 0.517. The molecule has 0 N–H and O–H groups in total. The van der Waals surface area contributed by atoms with Gasteiger partial charge in [-0.15, -0.1) is 0 Å². The fraction of sp³-hybridized carbons (Fsp3) is 0.238. The van der Waals surface area contributed by atoms with Crippen LogP contribution in [0.2, 0.25) is 0 Å². The van der Waals surface area contributed by atoms with Crippen LogP contribution in [0.25, 0.3) is 16.8 Å². The number of imide groups is 1. The first-order chi connectivity index (χ1) is 12.6. The number of amides is 2. The maximum Gasteiger partial charge on any atom is 0.293 e. The van der Waals surface area contributed by atoms with Crippen LogP contribution in [0, 0.1) is 0 Å². The molecule has 1 heterocycles. The van der Waals surface area contributed by atoms with Crippen molar-refractivity contribution < 1.29 is 14.3 Å². The van der Waals surface area contributed by atoms with Gasteiger partial charge in [-0.1, -0.05) is 49.9 Å². The topological polar surface area (TPSA) is 46.6 Å². The molecular formula is C21H21NO3S. The third-order valence-electron chi connectivity index (χ3n) is 4.42. The van der Waals surface area contributed by atoms with E-state index < -0.39 is 0 Å². The second kappa shape index (κ2) is 7.79. The van der Waals surface area contributed by atoms with Crippen LogP contribution in [0.15, 0.2) is 54.0 Å². The van der Waals surface area contributed by atoms with Crippen molar-refractivity contribution in [1.29, 1.82) is 0 Å². The van der Waals surface area contributed by atoms with E-state index in [4.69, 9.17) is 4.74 Å². The van der Waals surface area contributed by atoms with Gasteiger partial charge in [-0.05, 0) is 48.0 Å². The molecule has 2 amide bonds. The summed E-state index contributed by atoms with van der Waals surface area (Å²) in [6.07, 6.45) is 4.18. The molecule has 2 aromatic rings. The normalized spacial score (nSPS) is 17.2. The van der Waals surface area contributed by atoms with Gasteiger partial charge >= 0.3 is 0 Å². The average Bonchev–Trinajstić information content (AvgIpc) is 2.93. The number of benzene rings is 2. The van der Waals surface area contributed by atoms with E-state index in [9.17, 15) is 9.59 Å². The van der Waals surface area contributed by atoms with Gasteiger partial charge < -0.3 is 4.74 Å². The lowest BCUT2D eigenvalue weighted by atomic mass is 10.0. The molecule has 1 atom stereocenters. The number of carbonyl (C=O) groups excluding carboxylic acids is 2. The van der Waals surface area contributed by atoms with Gasteiger partial charge in [0.05, 0.1) is 4.91 Å². The molecule has 26 heavy (non-hydrogen) atoms. The Morgan fingerprint density at radius 2 is 2.00 bits per heavy atom. The predicted octanol–water partition coefficient (Wildman–Crippen LogP) is 5.24. The van der Waals surface area contributed by atoms with Crippen LogP contribution in [-0.2, 0) is 4.79 Å². The van der Waals surface area contributed by atoms with Crippen LogP contribution in [-0.4, -0.2) is 28.7 Å². The molecule has 1 aliphatic heterocycles. The molecule has 0 bridgehead atoms. The lowest BCUT2D eigenvalue weighted by molar-refractivity contribution is -0.124. The summed E-state index contributed by atoms with van der Waals surface area (Å²) in [6, 6.07) is 11.7. The number of carbonyl (C=O) groups is 2. The van der Waals surface area contributed by atoms with Crippen LogP contribution >= 0.6 is 11.8 Å². The molecule has 0 saturated carbocycles. The monoisotopic (exact) mass is 367 g/mol. The number of hydrogen-bond acceptors (Lipinski definition) is 4. The molecule has 0 unspecified atom stereocenters. The van der Waals surface area contributed by atoms with Crippen LogP contribution < -0.4 is 4.74 Å². The molecule has 3 rings (SSSR count). The summed E-state index contributed by atoms with van der Waals surface area (Å²) in [7, 11) is 0. The second-order valence-electron chi connectivity index (χ2n) is 6.11. The minimum Gasteiger partial charge on any atom is -0.489 e. The number of hydrogen-bond donors (Lipinski definition) is 0. The highest BCUT2D eigenvalue weighted by Gasteiger charge is 2.37. The maximum atomic E-state index is 12.7. The van der Waals surface area contributed by atoms with Gasteiger partial charge in [0.15, 0.2) is 0 Å². The summed E-state index contributed by atoms with van der Waals surface area (Å²) in [5.74, 6) is 0.427. The van der Waals surface area contributed by atoms with Gasteiger partial charge in [0.2, 0.25) is 0 Å². The molecule has 5 heteroatoms. The molecular weight excluding hydrogens is 346 g/mol. The highest BCUT2D eigenvalue weighted by molar-refractivity contribution is 8.18. The Morgan fingerprint density at radius 1 is 1.23 bits per heavy atom. The van der Waals surface area contributed by atoms with Crippen LogP contribution in [0.5, 0.6) is 5.75 Å². The Bertz CT molecular complexity index is 903. The zero-order valence-corrected chi connectivity index (χ0v) is 15.7. The number of thioether (sulfide) groups is 1. The van der Waals surface area contributed by atoms with Gasteiger partial charge in [0, 0.05) is 11.6 Å². The third kappa shape index (κ3) is 3.40. The SMILES string of the molecule is C=CCOc1ccc2ccccc2c1/C=C1/SC(=O)N([C@H](C)CC)C1=O. The molecule has 134 valence electrons. The van der Waals surface area contributed by atoms with Crippen molar-refractivity contribution in [2.24, 2.45) is 0 Å². The standard InChI is InChI=1S/C21H21NO3S/c1-4-12-25-18-11-10-15-8-6-7-9-16(15)17(18)13-19-20(23)22(14(3)5-2)21(24)26-19/h4,6-11,13-14H,1,5,12H2,2-3H3/b19-13+/t14-/m1/s1. The first-order valence-corrected chi connectivity index (χ1v) is 9.41. The smallest absolute Gasteiger partial charge is 0.293 e. The summed E-state index contributed by atoms with van der Waals surface area (Å²) >= 11 is 0.984. The average molecular weight is 367 g/mol. The molecule has 1 fully saturated rings. The van der Waals surface area contributed by atoms with E-state index in [1.54, 1.807) is 12.2 Å². The van der Waals surface area contributed by atoms with E-state index in [1.165, 1.54) is 4.90 Å². The van der Waals surface area contributed by atoms with Gasteiger partial charge in [-0.2, -0.15) is 0 Å².